The number of carbonyl (C=O) groups excluding carboxylic acids is 4. The molecule has 2 aromatic heterocycles. The number of nitrogens with two attached hydrogens (primary N) is 1. The summed E-state index contributed by atoms with van der Waals surface area (Å²) in [5.41, 5.74) is 13.0. The summed E-state index contributed by atoms with van der Waals surface area (Å²) >= 11 is 1.33. The van der Waals surface area contributed by atoms with Crippen LogP contribution in [0.4, 0.5) is 43.6 Å². The Morgan fingerprint density at radius 2 is 1.67 bits per heavy atom. The lowest BCUT2D eigenvalue weighted by atomic mass is 9.98. The van der Waals surface area contributed by atoms with Gasteiger partial charge in [-0.25, -0.2) is 18.9 Å². The van der Waals surface area contributed by atoms with Crippen LogP contribution in [0.15, 0.2) is 65.5 Å². The third kappa shape index (κ3) is 7.11. The number of aromatic nitrogens is 3. The molecule has 4 aliphatic heterocycles. The van der Waals surface area contributed by atoms with Crippen LogP contribution in [0.5, 0.6) is 0 Å². The van der Waals surface area contributed by atoms with Gasteiger partial charge in [0.2, 0.25) is 5.91 Å². The molecule has 0 aliphatic carbocycles. The standard InChI is InChI=1S/C41H42FN11O4S/c1-24-30(40(56)46-33-22-58-23-44-33)7-8-31(36(24)42)37-35(38(43)55)39-45-32-9-6-29(18-26(32)10-13-53(39)48-37)50-16-14-49(15-17-50)19-25-20-51(21-25)27-2-4-28(5-3-27)52-12-11-34(54)47-41(52)57/h2-9,18,22-23,25,45H,10-17,19-21H2,1H3,(H2,43,55)(H,46,56)(H,47,54,57). The fourth-order valence-corrected chi connectivity index (χ4v) is 8.79. The zero-order chi connectivity index (χ0) is 40.1. The molecule has 0 atom stereocenters. The number of piperazine rings is 1. The molecule has 5 N–H and O–H groups in total. The Morgan fingerprint density at radius 3 is 2.40 bits per heavy atom. The van der Waals surface area contributed by atoms with Crippen molar-refractivity contribution in [3.63, 3.8) is 0 Å². The third-order valence-electron chi connectivity index (χ3n) is 11.5. The van der Waals surface area contributed by atoms with Gasteiger partial charge in [0.05, 0.1) is 5.51 Å². The first-order valence-corrected chi connectivity index (χ1v) is 20.3. The second kappa shape index (κ2) is 15.2. The van der Waals surface area contributed by atoms with Crippen LogP contribution in [0.1, 0.15) is 38.3 Å². The van der Waals surface area contributed by atoms with Gasteiger partial charge in [-0.2, -0.15) is 5.10 Å². The number of hydrogen-bond acceptors (Lipinski definition) is 11. The lowest BCUT2D eigenvalue weighted by Crippen LogP contribution is -2.55. The first-order valence-electron chi connectivity index (χ1n) is 19.3. The van der Waals surface area contributed by atoms with Crippen LogP contribution >= 0.6 is 11.3 Å². The van der Waals surface area contributed by atoms with E-state index in [-0.39, 0.29) is 39.9 Å². The normalized spacial score (nSPS) is 17.2. The summed E-state index contributed by atoms with van der Waals surface area (Å²) < 4.78 is 17.6. The van der Waals surface area contributed by atoms with E-state index >= 15 is 4.39 Å². The molecule has 17 heteroatoms. The Kier molecular flexibility index (Phi) is 9.77. The van der Waals surface area contributed by atoms with E-state index in [2.05, 4.69) is 52.9 Å². The Labute approximate surface area is 337 Å². The van der Waals surface area contributed by atoms with Gasteiger partial charge in [0.15, 0.2) is 0 Å². The monoisotopic (exact) mass is 803 g/mol. The highest BCUT2D eigenvalue weighted by molar-refractivity contribution is 7.07. The van der Waals surface area contributed by atoms with Gasteiger partial charge in [0.25, 0.3) is 11.8 Å². The van der Waals surface area contributed by atoms with Crippen LogP contribution in [-0.4, -0.2) is 95.8 Å². The molecule has 5 aromatic rings. The number of nitrogens with one attached hydrogen (secondary N) is 3. The van der Waals surface area contributed by atoms with Gasteiger partial charge in [-0.05, 0) is 79.1 Å². The molecule has 5 amide bonds. The second-order valence-electron chi connectivity index (χ2n) is 15.1. The number of amides is 5. The van der Waals surface area contributed by atoms with Gasteiger partial charge < -0.3 is 26.2 Å². The van der Waals surface area contributed by atoms with Crippen molar-refractivity contribution in [3.8, 4) is 11.3 Å². The summed E-state index contributed by atoms with van der Waals surface area (Å²) in [6.45, 7) is 9.13. The summed E-state index contributed by atoms with van der Waals surface area (Å²) in [5.74, 6) is -0.743. The van der Waals surface area contributed by atoms with Crippen LogP contribution in [0, 0.1) is 18.7 Å². The predicted molar refractivity (Wildman–Crippen MR) is 221 cm³/mol. The van der Waals surface area contributed by atoms with Crippen molar-refractivity contribution in [2.24, 2.45) is 11.7 Å². The predicted octanol–water partition coefficient (Wildman–Crippen LogP) is 4.81. The van der Waals surface area contributed by atoms with E-state index in [1.54, 1.807) is 20.5 Å². The average Bonchev–Trinajstić information content (AvgIpc) is 3.80. The first-order chi connectivity index (χ1) is 28.1. The van der Waals surface area contributed by atoms with Crippen LogP contribution < -0.4 is 36.4 Å². The molecule has 58 heavy (non-hydrogen) atoms. The molecule has 3 saturated heterocycles. The van der Waals surface area contributed by atoms with Crippen molar-refractivity contribution in [1.29, 1.82) is 0 Å². The third-order valence-corrected chi connectivity index (χ3v) is 12.1. The second-order valence-corrected chi connectivity index (χ2v) is 15.9. The van der Waals surface area contributed by atoms with Gasteiger partial charge in [-0.15, -0.1) is 11.3 Å². The van der Waals surface area contributed by atoms with E-state index in [0.717, 1.165) is 74.1 Å². The van der Waals surface area contributed by atoms with Crippen LogP contribution in [0.2, 0.25) is 0 Å². The van der Waals surface area contributed by atoms with Crippen molar-refractivity contribution in [3.05, 3.63) is 93.6 Å². The maximum atomic E-state index is 16.0. The lowest BCUT2D eigenvalue weighted by molar-refractivity contribution is -0.120. The number of aryl methyl sites for hydroxylation is 2. The van der Waals surface area contributed by atoms with E-state index in [9.17, 15) is 19.2 Å². The Bertz CT molecular complexity index is 2420. The van der Waals surface area contributed by atoms with Gasteiger partial charge in [-0.1, -0.05) is 0 Å². The SMILES string of the molecule is Cc1c(C(=O)Nc2cscn2)ccc(-c2nn3c(c2C(N)=O)Nc2ccc(N4CCN(CC5CN(c6ccc(N7CCC(=O)NC7=O)cc6)C5)CC4)cc2CC3)c1F. The van der Waals surface area contributed by atoms with Crippen molar-refractivity contribution in [2.75, 3.05) is 77.7 Å². The molecule has 6 heterocycles. The summed E-state index contributed by atoms with van der Waals surface area (Å²) in [5, 5.41) is 14.8. The van der Waals surface area contributed by atoms with Crippen molar-refractivity contribution in [2.45, 2.75) is 26.3 Å². The number of thiazole rings is 1. The average molecular weight is 804 g/mol. The molecule has 298 valence electrons. The number of fused-ring (bicyclic) bond motifs is 2. The number of urea groups is 1. The zero-order valence-electron chi connectivity index (χ0n) is 31.8. The number of nitrogens with zero attached hydrogens (tertiary/aromatic N) is 7. The number of rotatable bonds is 9. The number of halogens is 1. The molecule has 0 unspecified atom stereocenters. The van der Waals surface area contributed by atoms with Crippen LogP contribution in [0.3, 0.4) is 0 Å². The molecule has 0 spiro atoms. The Balaban J connectivity index is 0.810. The largest absolute Gasteiger partial charge is 0.371 e. The molecular weight excluding hydrogens is 762 g/mol. The molecule has 9 rings (SSSR count). The topological polar surface area (TPSA) is 174 Å². The van der Waals surface area contributed by atoms with Gasteiger partial charge in [-0.3, -0.25) is 29.5 Å². The number of anilines is 6. The fraction of sp³-hybridized carbons (Fsp3) is 0.317. The number of primary amides is 1. The molecule has 3 aromatic carbocycles. The minimum atomic E-state index is -0.738. The highest BCUT2D eigenvalue weighted by atomic mass is 32.1. The Morgan fingerprint density at radius 1 is 0.914 bits per heavy atom. The smallest absolute Gasteiger partial charge is 0.328 e. The van der Waals surface area contributed by atoms with Crippen molar-refractivity contribution >= 4 is 69.5 Å². The highest BCUT2D eigenvalue weighted by Crippen LogP contribution is 2.38. The van der Waals surface area contributed by atoms with E-state index in [1.165, 1.54) is 30.4 Å². The van der Waals surface area contributed by atoms with Crippen molar-refractivity contribution in [1.82, 2.24) is 25.0 Å². The first kappa shape index (κ1) is 37.3. The molecule has 3 fully saturated rings. The van der Waals surface area contributed by atoms with Gasteiger partial charge >= 0.3 is 6.03 Å². The number of benzene rings is 3. The van der Waals surface area contributed by atoms with E-state index < -0.39 is 17.6 Å². The maximum absolute atomic E-state index is 16.0. The minimum Gasteiger partial charge on any atom is -0.371 e. The van der Waals surface area contributed by atoms with Crippen molar-refractivity contribution < 1.29 is 23.6 Å². The van der Waals surface area contributed by atoms with E-state index in [4.69, 9.17) is 5.73 Å². The summed E-state index contributed by atoms with van der Waals surface area (Å²) in [7, 11) is 0. The van der Waals surface area contributed by atoms with Gasteiger partial charge in [0.1, 0.15) is 28.7 Å². The van der Waals surface area contributed by atoms with E-state index in [1.807, 2.05) is 30.3 Å². The summed E-state index contributed by atoms with van der Waals surface area (Å²) in [4.78, 5) is 62.5. The van der Waals surface area contributed by atoms with E-state index in [0.29, 0.717) is 43.5 Å². The molecular formula is C41H42FN11O4S. The van der Waals surface area contributed by atoms with Crippen LogP contribution in [0.25, 0.3) is 11.3 Å². The maximum Gasteiger partial charge on any atom is 0.328 e. The Hall–Kier alpha value is -6.33. The quantitative estimate of drug-likeness (QED) is 0.162. The summed E-state index contributed by atoms with van der Waals surface area (Å²) in [6.07, 6.45) is 0.938. The summed E-state index contributed by atoms with van der Waals surface area (Å²) in [6, 6.07) is 16.9. The van der Waals surface area contributed by atoms with Crippen LogP contribution in [-0.2, 0) is 17.8 Å². The molecule has 0 bridgehead atoms. The molecule has 4 aliphatic rings. The fourth-order valence-electron chi connectivity index (χ4n) is 8.31. The highest BCUT2D eigenvalue weighted by Gasteiger charge is 2.32. The van der Waals surface area contributed by atoms with Gasteiger partial charge in [0, 0.05) is 110 Å². The molecule has 0 radical (unpaired) electrons. The number of imide groups is 1. The lowest BCUT2D eigenvalue weighted by Gasteiger charge is -2.45. The molecule has 15 nitrogen and oxygen atoms in total. The number of hydrogen-bond donors (Lipinski definition) is 4. The number of carbonyl (C=O) groups is 4. The zero-order valence-corrected chi connectivity index (χ0v) is 32.6. The minimum absolute atomic E-state index is 0.0834. The molecule has 0 saturated carbocycles.